The summed E-state index contributed by atoms with van der Waals surface area (Å²) in [5.41, 5.74) is 6.43. The third kappa shape index (κ3) is 6.14. The van der Waals surface area contributed by atoms with E-state index in [4.69, 9.17) is 15.7 Å². The molecule has 0 fully saturated rings. The van der Waals surface area contributed by atoms with Gasteiger partial charge in [-0.2, -0.15) is 13.7 Å². The van der Waals surface area contributed by atoms with Gasteiger partial charge in [-0.1, -0.05) is 6.92 Å². The van der Waals surface area contributed by atoms with Crippen LogP contribution in [0.25, 0.3) is 0 Å². The third-order valence-corrected chi connectivity index (χ3v) is 6.16. The number of hydrogen-bond acceptors (Lipinski definition) is 10. The van der Waals surface area contributed by atoms with Crippen molar-refractivity contribution in [3.8, 4) is 11.8 Å². The molecule has 2 rings (SSSR count). The SMILES string of the molecule is CC[S@@](=O)c1cc(OC(C)(C)C#N)cnc1/C(N)=N/OS(=O)(=O)c1ccc(N[O-])cc1. The number of nitrogens with one attached hydrogen (secondary N) is 1. The third-order valence-electron chi connectivity index (χ3n) is 3.71. The van der Waals surface area contributed by atoms with Crippen LogP contribution in [0.4, 0.5) is 5.69 Å². The summed E-state index contributed by atoms with van der Waals surface area (Å²) in [5.74, 6) is -0.0309. The number of nitrogens with two attached hydrogens (primary N) is 1. The van der Waals surface area contributed by atoms with Gasteiger partial charge in [0.25, 0.3) is 0 Å². The van der Waals surface area contributed by atoms with Gasteiger partial charge in [0.1, 0.15) is 22.4 Å². The minimum atomic E-state index is -4.32. The van der Waals surface area contributed by atoms with Gasteiger partial charge < -0.3 is 21.2 Å². The predicted octanol–water partition coefficient (Wildman–Crippen LogP) is 1.83. The number of amidine groups is 1. The van der Waals surface area contributed by atoms with Crippen LogP contribution in [0.5, 0.6) is 5.75 Å². The van der Waals surface area contributed by atoms with E-state index in [1.807, 2.05) is 6.07 Å². The zero-order valence-electron chi connectivity index (χ0n) is 16.9. The summed E-state index contributed by atoms with van der Waals surface area (Å²) in [7, 11) is -5.88. The van der Waals surface area contributed by atoms with Crippen LogP contribution in [0, 0.1) is 16.5 Å². The van der Waals surface area contributed by atoms with Crippen LogP contribution in [0.3, 0.4) is 0 Å². The number of aromatic nitrogens is 1. The van der Waals surface area contributed by atoms with Crippen molar-refractivity contribution in [1.29, 1.82) is 5.26 Å². The fraction of sp³-hybridized carbons (Fsp3) is 0.278. The molecule has 0 aliphatic carbocycles. The number of rotatable bonds is 9. The summed E-state index contributed by atoms with van der Waals surface area (Å²) >= 11 is 0. The monoisotopic (exact) mass is 466 g/mol. The van der Waals surface area contributed by atoms with Crippen molar-refractivity contribution in [1.82, 2.24) is 4.98 Å². The lowest BCUT2D eigenvalue weighted by molar-refractivity contribution is 0.168. The molecular weight excluding hydrogens is 446 g/mol. The lowest BCUT2D eigenvalue weighted by atomic mass is 10.2. The topological polar surface area (TPSA) is 180 Å². The highest BCUT2D eigenvalue weighted by atomic mass is 32.2. The van der Waals surface area contributed by atoms with E-state index in [-0.39, 0.29) is 32.7 Å². The summed E-state index contributed by atoms with van der Waals surface area (Å²) in [6.07, 6.45) is 1.25. The quantitative estimate of drug-likeness (QED) is 0.314. The van der Waals surface area contributed by atoms with E-state index < -0.39 is 32.4 Å². The summed E-state index contributed by atoms with van der Waals surface area (Å²) in [6.45, 7) is 4.76. The lowest BCUT2D eigenvalue weighted by Crippen LogP contribution is -2.26. The standard InChI is InChI=1S/C18H20N5O6S2/c1-4-30(25)15-9-13(28-18(2,3)11-19)10-21-16(15)17(20)23-29-31(26,27)14-7-5-12(22-24)6-8-14/h5-10,22H,4H2,1-3H3,(H2,20,23)/q-1/t30-/m1/s1. The Morgan fingerprint density at radius 1 is 1.39 bits per heavy atom. The van der Waals surface area contributed by atoms with Gasteiger partial charge in [0.05, 0.1) is 21.9 Å². The molecule has 1 heterocycles. The number of nitrogens with zero attached hydrogens (tertiary/aromatic N) is 3. The van der Waals surface area contributed by atoms with Crippen molar-refractivity contribution in [2.45, 2.75) is 36.2 Å². The molecule has 0 radical (unpaired) electrons. The molecular formula is C18H20N5O6S2-. The van der Waals surface area contributed by atoms with Crippen LogP contribution in [-0.2, 0) is 25.2 Å². The Bertz CT molecular complexity index is 1140. The number of ether oxygens (including phenoxy) is 1. The molecule has 1 aromatic heterocycles. The van der Waals surface area contributed by atoms with Gasteiger partial charge in [0, 0.05) is 17.5 Å². The van der Waals surface area contributed by atoms with Gasteiger partial charge in [-0.3, -0.25) is 8.49 Å². The summed E-state index contributed by atoms with van der Waals surface area (Å²) in [6, 6.07) is 8.17. The maximum atomic E-state index is 12.5. The first-order valence-electron chi connectivity index (χ1n) is 8.77. The maximum absolute atomic E-state index is 12.5. The second-order valence-electron chi connectivity index (χ2n) is 6.51. The molecule has 0 saturated heterocycles. The normalized spacial score (nSPS) is 13.2. The van der Waals surface area contributed by atoms with Crippen LogP contribution in [0.1, 0.15) is 26.5 Å². The number of oxime groups is 1. The number of anilines is 1. The first kappa shape index (κ1) is 24.1. The van der Waals surface area contributed by atoms with Gasteiger partial charge in [0.2, 0.25) is 0 Å². The van der Waals surface area contributed by atoms with Gasteiger partial charge in [-0.15, -0.1) is 0 Å². The van der Waals surface area contributed by atoms with Crippen LogP contribution in [0.15, 0.2) is 51.5 Å². The van der Waals surface area contributed by atoms with Crippen molar-refractivity contribution < 1.29 is 21.6 Å². The maximum Gasteiger partial charge on any atom is 0.358 e. The summed E-state index contributed by atoms with van der Waals surface area (Å²) in [4.78, 5) is 3.95. The molecule has 0 saturated carbocycles. The van der Waals surface area contributed by atoms with E-state index in [0.29, 0.717) is 0 Å². The molecule has 0 bridgehead atoms. The molecule has 3 N–H and O–H groups in total. The molecule has 13 heteroatoms. The molecule has 0 aliphatic rings. The Morgan fingerprint density at radius 2 is 2.03 bits per heavy atom. The van der Waals surface area contributed by atoms with Gasteiger partial charge in [-0.25, -0.2) is 4.98 Å². The van der Waals surface area contributed by atoms with Crippen molar-refractivity contribution in [3.63, 3.8) is 0 Å². The molecule has 1 aromatic carbocycles. The minimum absolute atomic E-state index is 0.0524. The minimum Gasteiger partial charge on any atom is -0.761 e. The molecule has 0 spiro atoms. The zero-order valence-corrected chi connectivity index (χ0v) is 18.5. The Kier molecular flexibility index (Phi) is 7.55. The average molecular weight is 467 g/mol. The second kappa shape index (κ2) is 9.73. The van der Waals surface area contributed by atoms with E-state index >= 15 is 0 Å². The van der Waals surface area contributed by atoms with Crippen molar-refractivity contribution >= 4 is 32.4 Å². The Balaban J connectivity index is 2.35. The van der Waals surface area contributed by atoms with E-state index in [2.05, 4.69) is 14.4 Å². The molecule has 0 unspecified atom stereocenters. The molecule has 1 atom stereocenters. The van der Waals surface area contributed by atoms with Crippen LogP contribution < -0.4 is 16.0 Å². The van der Waals surface area contributed by atoms with Crippen LogP contribution >= 0.6 is 0 Å². The fourth-order valence-electron chi connectivity index (χ4n) is 2.19. The number of hydrogen-bond donors (Lipinski definition) is 2. The van der Waals surface area contributed by atoms with Gasteiger partial charge in [0.15, 0.2) is 11.4 Å². The van der Waals surface area contributed by atoms with Crippen molar-refractivity contribution in [2.75, 3.05) is 11.2 Å². The number of nitriles is 1. The molecule has 31 heavy (non-hydrogen) atoms. The molecule has 0 aliphatic heterocycles. The smallest absolute Gasteiger partial charge is 0.358 e. The summed E-state index contributed by atoms with van der Waals surface area (Å²) < 4.78 is 47.1. The van der Waals surface area contributed by atoms with E-state index in [1.54, 1.807) is 26.3 Å². The van der Waals surface area contributed by atoms with Crippen LogP contribution in [0.2, 0.25) is 0 Å². The van der Waals surface area contributed by atoms with E-state index in [0.717, 1.165) is 12.1 Å². The molecule has 166 valence electrons. The fourth-order valence-corrected chi connectivity index (χ4v) is 3.85. The number of pyridine rings is 1. The highest BCUT2D eigenvalue weighted by Crippen LogP contribution is 2.23. The van der Waals surface area contributed by atoms with Gasteiger partial charge >= 0.3 is 10.1 Å². The number of benzene rings is 1. The van der Waals surface area contributed by atoms with Crippen molar-refractivity contribution in [3.05, 3.63) is 47.4 Å². The highest BCUT2D eigenvalue weighted by Gasteiger charge is 2.22. The average Bonchev–Trinajstić information content (AvgIpc) is 2.76. The summed E-state index contributed by atoms with van der Waals surface area (Å²) in [5, 5.41) is 23.1. The first-order chi connectivity index (χ1) is 14.5. The van der Waals surface area contributed by atoms with Crippen molar-refractivity contribution in [2.24, 2.45) is 10.9 Å². The predicted molar refractivity (Wildman–Crippen MR) is 114 cm³/mol. The van der Waals surface area contributed by atoms with Gasteiger partial charge in [-0.05, 0) is 43.3 Å². The Morgan fingerprint density at radius 3 is 2.58 bits per heavy atom. The first-order valence-corrected chi connectivity index (χ1v) is 11.5. The van der Waals surface area contributed by atoms with E-state index in [9.17, 15) is 17.8 Å². The molecule has 0 amide bonds. The largest absolute Gasteiger partial charge is 0.761 e. The molecule has 11 nitrogen and oxygen atoms in total. The Labute approximate surface area is 182 Å². The second-order valence-corrected chi connectivity index (χ2v) is 9.74. The van der Waals surface area contributed by atoms with E-state index in [1.165, 1.54) is 24.4 Å². The lowest BCUT2D eigenvalue weighted by Gasteiger charge is -2.19. The van der Waals surface area contributed by atoms with Crippen LogP contribution in [-0.4, -0.2) is 34.8 Å². The Hall–Kier alpha value is -3.21. The highest BCUT2D eigenvalue weighted by molar-refractivity contribution is 7.86. The molecule has 2 aromatic rings. The zero-order chi connectivity index (χ0) is 23.2.